The molecule has 0 amide bonds. The average molecular weight is 346 g/mol. The molecule has 0 aromatic carbocycles. The van der Waals surface area contributed by atoms with E-state index < -0.39 is 27.3 Å². The topological polar surface area (TPSA) is 91.7 Å². The van der Waals surface area contributed by atoms with Gasteiger partial charge in [-0.05, 0) is 13.3 Å². The van der Waals surface area contributed by atoms with Gasteiger partial charge in [-0.3, -0.25) is 9.35 Å². The molecule has 0 aliphatic heterocycles. The zero-order valence-corrected chi connectivity index (χ0v) is 14.1. The monoisotopic (exact) mass is 346 g/mol. The third-order valence-corrected chi connectivity index (χ3v) is 5.46. The fourth-order valence-electron chi connectivity index (χ4n) is 2.17. The molecule has 0 fully saturated rings. The zero-order chi connectivity index (χ0) is 16.4. The Kier molecular flexibility index (Phi) is 14.5. The van der Waals surface area contributed by atoms with Gasteiger partial charge in [-0.1, -0.05) is 58.3 Å². The van der Waals surface area contributed by atoms with Crippen molar-refractivity contribution in [3.63, 3.8) is 0 Å². The standard InChI is InChI=1S/C15H30O5S.Na.H/c1-3-4-5-6-7-8-9-10-11-12-14(17)15(2,13-16)21(18,19)20;;/h16H,3-13H2,1-2H3,(H,18,19,20);;. The fraction of sp³-hybridized carbons (Fsp3) is 0.933. The van der Waals surface area contributed by atoms with Crippen LogP contribution in [-0.2, 0) is 14.9 Å². The van der Waals surface area contributed by atoms with Crippen LogP contribution in [0.3, 0.4) is 0 Å². The first-order chi connectivity index (χ1) is 9.79. The Labute approximate surface area is 157 Å². The van der Waals surface area contributed by atoms with Crippen molar-refractivity contribution in [2.24, 2.45) is 0 Å². The number of unbranched alkanes of at least 4 members (excludes halogenated alkanes) is 8. The van der Waals surface area contributed by atoms with E-state index in [4.69, 9.17) is 9.66 Å². The summed E-state index contributed by atoms with van der Waals surface area (Å²) in [5, 5.41) is 9.07. The number of hydrogen-bond donors (Lipinski definition) is 2. The third kappa shape index (κ3) is 8.99. The molecule has 1 unspecified atom stereocenters. The Hall–Kier alpha value is 0.540. The van der Waals surface area contributed by atoms with E-state index in [-0.39, 0.29) is 36.0 Å². The minimum absolute atomic E-state index is 0. The second-order valence-corrected chi connectivity index (χ2v) is 7.72. The summed E-state index contributed by atoms with van der Waals surface area (Å²) in [5.41, 5.74) is 0. The summed E-state index contributed by atoms with van der Waals surface area (Å²) in [5.74, 6) is -0.615. The Morgan fingerprint density at radius 3 is 1.73 bits per heavy atom. The molecule has 0 aliphatic rings. The molecular formula is C15H31NaO5S. The van der Waals surface area contributed by atoms with Crippen molar-refractivity contribution in [1.29, 1.82) is 0 Å². The minimum atomic E-state index is -4.57. The van der Waals surface area contributed by atoms with Crippen LogP contribution in [0.15, 0.2) is 0 Å². The number of ketones is 1. The van der Waals surface area contributed by atoms with E-state index in [1.54, 1.807) is 0 Å². The summed E-state index contributed by atoms with van der Waals surface area (Å²) in [4.78, 5) is 11.9. The van der Waals surface area contributed by atoms with Gasteiger partial charge in [0.1, 0.15) is 0 Å². The van der Waals surface area contributed by atoms with E-state index in [9.17, 15) is 13.2 Å². The summed E-state index contributed by atoms with van der Waals surface area (Å²) < 4.78 is 29.3. The molecule has 0 saturated carbocycles. The van der Waals surface area contributed by atoms with Crippen LogP contribution in [0.5, 0.6) is 0 Å². The van der Waals surface area contributed by atoms with Gasteiger partial charge in [-0.2, -0.15) is 8.42 Å². The van der Waals surface area contributed by atoms with Crippen LogP contribution in [0.1, 0.15) is 78.1 Å². The van der Waals surface area contributed by atoms with E-state index in [0.29, 0.717) is 6.42 Å². The van der Waals surface area contributed by atoms with Crippen molar-refractivity contribution in [2.45, 2.75) is 82.8 Å². The second-order valence-electron chi connectivity index (χ2n) is 5.87. The molecule has 0 radical (unpaired) electrons. The van der Waals surface area contributed by atoms with Crippen molar-refractivity contribution in [2.75, 3.05) is 6.61 Å². The van der Waals surface area contributed by atoms with Gasteiger partial charge in [-0.25, -0.2) is 0 Å². The third-order valence-electron chi connectivity index (χ3n) is 3.97. The van der Waals surface area contributed by atoms with E-state index in [1.807, 2.05) is 0 Å². The molecule has 0 spiro atoms. The second kappa shape index (κ2) is 12.9. The van der Waals surface area contributed by atoms with Gasteiger partial charge >= 0.3 is 29.6 Å². The van der Waals surface area contributed by atoms with Crippen molar-refractivity contribution >= 4 is 45.5 Å². The number of carbonyl (C=O) groups excluding carboxylic acids is 1. The molecule has 0 heterocycles. The van der Waals surface area contributed by atoms with E-state index in [2.05, 4.69) is 6.92 Å². The summed E-state index contributed by atoms with van der Waals surface area (Å²) in [7, 11) is -4.57. The van der Waals surface area contributed by atoms with Crippen LogP contribution in [-0.4, -0.2) is 64.8 Å². The summed E-state index contributed by atoms with van der Waals surface area (Å²) in [6.07, 6.45) is 9.94. The van der Waals surface area contributed by atoms with Gasteiger partial charge < -0.3 is 5.11 Å². The predicted molar refractivity (Wildman–Crippen MR) is 91.0 cm³/mol. The molecule has 0 aliphatic carbocycles. The van der Waals surface area contributed by atoms with Gasteiger partial charge in [0, 0.05) is 6.42 Å². The molecule has 2 N–H and O–H groups in total. The van der Waals surface area contributed by atoms with Crippen LogP contribution in [0.2, 0.25) is 0 Å². The Balaban J connectivity index is 0. The van der Waals surface area contributed by atoms with Crippen molar-refractivity contribution in [1.82, 2.24) is 0 Å². The number of rotatable bonds is 13. The predicted octanol–water partition coefficient (Wildman–Crippen LogP) is 2.47. The first kappa shape index (κ1) is 24.8. The van der Waals surface area contributed by atoms with Gasteiger partial charge in [0.15, 0.2) is 10.5 Å². The maximum absolute atomic E-state index is 11.9. The average Bonchev–Trinajstić information content (AvgIpc) is 2.43. The first-order valence-corrected chi connectivity index (χ1v) is 9.34. The van der Waals surface area contributed by atoms with Gasteiger partial charge in [-0.15, -0.1) is 0 Å². The van der Waals surface area contributed by atoms with Crippen LogP contribution < -0.4 is 0 Å². The molecule has 0 aromatic rings. The van der Waals surface area contributed by atoms with Gasteiger partial charge in [0.25, 0.3) is 10.1 Å². The van der Waals surface area contributed by atoms with E-state index in [0.717, 1.165) is 26.2 Å². The number of aliphatic hydroxyl groups is 1. The van der Waals surface area contributed by atoms with Gasteiger partial charge in [0.05, 0.1) is 6.61 Å². The van der Waals surface area contributed by atoms with Crippen LogP contribution >= 0.6 is 0 Å². The molecule has 5 nitrogen and oxygen atoms in total. The molecule has 0 saturated heterocycles. The molecule has 0 rings (SSSR count). The maximum atomic E-state index is 11.9. The molecule has 0 aromatic heterocycles. The summed E-state index contributed by atoms with van der Waals surface area (Å²) in [6, 6.07) is 0. The zero-order valence-electron chi connectivity index (χ0n) is 13.3. The van der Waals surface area contributed by atoms with Crippen molar-refractivity contribution in [3.8, 4) is 0 Å². The first-order valence-electron chi connectivity index (χ1n) is 7.90. The SMILES string of the molecule is CCCCCCCCCCCC(=O)C(C)(CO)S(=O)(=O)O.[NaH]. The molecule has 128 valence electrons. The molecule has 1 atom stereocenters. The molecule has 7 heteroatoms. The van der Waals surface area contributed by atoms with E-state index >= 15 is 0 Å². The van der Waals surface area contributed by atoms with Crippen LogP contribution in [0, 0.1) is 0 Å². The Morgan fingerprint density at radius 2 is 1.36 bits per heavy atom. The number of Topliss-reactive ketones (excluding diaryl/α,β-unsaturated/α-hetero) is 1. The molecule has 0 bridgehead atoms. The van der Waals surface area contributed by atoms with Crippen molar-refractivity contribution in [3.05, 3.63) is 0 Å². The van der Waals surface area contributed by atoms with Crippen molar-refractivity contribution < 1.29 is 22.9 Å². The van der Waals surface area contributed by atoms with Crippen LogP contribution in [0.4, 0.5) is 0 Å². The quantitative estimate of drug-likeness (QED) is 0.304. The summed E-state index contributed by atoms with van der Waals surface area (Å²) in [6.45, 7) is 2.37. The number of aliphatic hydroxyl groups excluding tert-OH is 1. The Bertz CT molecular complexity index is 397. The van der Waals surface area contributed by atoms with Gasteiger partial charge in [0.2, 0.25) is 0 Å². The Morgan fingerprint density at radius 1 is 0.955 bits per heavy atom. The molecular weight excluding hydrogens is 315 g/mol. The number of carbonyl (C=O) groups is 1. The van der Waals surface area contributed by atoms with Crippen LogP contribution in [0.25, 0.3) is 0 Å². The molecule has 22 heavy (non-hydrogen) atoms. The normalized spacial score (nSPS) is 14.2. The summed E-state index contributed by atoms with van der Waals surface area (Å²) >= 11 is 0. The number of hydrogen-bond acceptors (Lipinski definition) is 4. The van der Waals surface area contributed by atoms with E-state index in [1.165, 1.54) is 32.1 Å². The fourth-order valence-corrected chi connectivity index (χ4v) is 2.73.